The molecular weight excluding hydrogens is 154 g/mol. The third-order valence-corrected chi connectivity index (χ3v) is 1.78. The van der Waals surface area contributed by atoms with Gasteiger partial charge < -0.3 is 0 Å². The molecular formula is C5H9NO3S. The van der Waals surface area contributed by atoms with Crippen LogP contribution in [0, 0.1) is 17.2 Å². The van der Waals surface area contributed by atoms with Crippen molar-refractivity contribution >= 4 is 10.1 Å². The minimum atomic E-state index is -3.88. The summed E-state index contributed by atoms with van der Waals surface area (Å²) in [6.07, 6.45) is 0.190. The average molecular weight is 163 g/mol. The molecule has 0 amide bonds. The Bertz CT molecular complexity index is 226. The van der Waals surface area contributed by atoms with Gasteiger partial charge in [-0.15, -0.1) is 0 Å². The summed E-state index contributed by atoms with van der Waals surface area (Å²) in [7, 11) is -3.88. The monoisotopic (exact) mass is 163 g/mol. The van der Waals surface area contributed by atoms with Crippen molar-refractivity contribution in [1.82, 2.24) is 0 Å². The van der Waals surface area contributed by atoms with Crippen molar-refractivity contribution in [2.45, 2.75) is 13.3 Å². The highest BCUT2D eigenvalue weighted by molar-refractivity contribution is 7.85. The van der Waals surface area contributed by atoms with Gasteiger partial charge in [-0.05, 0) is 13.3 Å². The van der Waals surface area contributed by atoms with Crippen molar-refractivity contribution in [3.05, 3.63) is 0 Å². The van der Waals surface area contributed by atoms with Crippen LogP contribution in [0.1, 0.15) is 13.3 Å². The summed E-state index contributed by atoms with van der Waals surface area (Å²) in [5.74, 6) is -0.649. The highest BCUT2D eigenvalue weighted by Crippen LogP contribution is 2.00. The summed E-state index contributed by atoms with van der Waals surface area (Å²) >= 11 is 0. The van der Waals surface area contributed by atoms with Gasteiger partial charge in [0.05, 0.1) is 11.8 Å². The second-order valence-corrected chi connectivity index (χ2v) is 3.68. The molecule has 0 aromatic carbocycles. The molecule has 0 saturated heterocycles. The van der Waals surface area contributed by atoms with Crippen molar-refractivity contribution in [3.8, 4) is 6.07 Å². The van der Waals surface area contributed by atoms with Gasteiger partial charge in [0, 0.05) is 5.92 Å². The average Bonchev–Trinajstić information content (AvgIpc) is 1.81. The molecule has 1 unspecified atom stereocenters. The predicted molar refractivity (Wildman–Crippen MR) is 35.8 cm³/mol. The van der Waals surface area contributed by atoms with Crippen LogP contribution in [-0.4, -0.2) is 18.7 Å². The van der Waals surface area contributed by atoms with Gasteiger partial charge in [0.2, 0.25) is 0 Å². The Kier molecular flexibility index (Phi) is 3.33. The molecule has 0 aliphatic rings. The fraction of sp³-hybridized carbons (Fsp3) is 0.800. The number of hydrogen-bond acceptors (Lipinski definition) is 3. The second kappa shape index (κ2) is 3.54. The number of nitrogens with zero attached hydrogens (tertiary/aromatic N) is 1. The van der Waals surface area contributed by atoms with Gasteiger partial charge in [-0.25, -0.2) is 0 Å². The Labute approximate surface area is 60.2 Å². The molecule has 0 fully saturated rings. The molecule has 0 aliphatic heterocycles. The van der Waals surface area contributed by atoms with E-state index >= 15 is 0 Å². The molecule has 0 aliphatic carbocycles. The Morgan fingerprint density at radius 1 is 1.70 bits per heavy atom. The number of hydrogen-bond donors (Lipinski definition) is 1. The minimum Gasteiger partial charge on any atom is -0.286 e. The highest BCUT2D eigenvalue weighted by atomic mass is 32.2. The molecule has 4 nitrogen and oxygen atoms in total. The zero-order chi connectivity index (χ0) is 8.20. The zero-order valence-electron chi connectivity index (χ0n) is 5.61. The quantitative estimate of drug-likeness (QED) is 0.612. The van der Waals surface area contributed by atoms with E-state index in [1.54, 1.807) is 6.92 Å². The van der Waals surface area contributed by atoms with Crippen LogP contribution < -0.4 is 0 Å². The van der Waals surface area contributed by atoms with E-state index in [0.717, 1.165) is 0 Å². The molecule has 58 valence electrons. The lowest BCUT2D eigenvalue weighted by atomic mass is 10.1. The van der Waals surface area contributed by atoms with Crippen LogP contribution in [-0.2, 0) is 10.1 Å². The predicted octanol–water partition coefficient (Wildman–Crippen LogP) is 0.424. The van der Waals surface area contributed by atoms with Crippen molar-refractivity contribution in [3.63, 3.8) is 0 Å². The van der Waals surface area contributed by atoms with E-state index in [-0.39, 0.29) is 18.1 Å². The number of rotatable bonds is 3. The SMILES string of the molecule is CC(C#N)CCS(=O)(=O)O. The fourth-order valence-electron chi connectivity index (χ4n) is 0.390. The van der Waals surface area contributed by atoms with Gasteiger partial charge >= 0.3 is 0 Å². The summed E-state index contributed by atoms with van der Waals surface area (Å²) in [5, 5.41) is 8.21. The molecule has 10 heavy (non-hydrogen) atoms. The summed E-state index contributed by atoms with van der Waals surface area (Å²) < 4.78 is 28.4. The first-order valence-corrected chi connectivity index (χ1v) is 4.41. The largest absolute Gasteiger partial charge is 0.286 e. The first-order chi connectivity index (χ1) is 4.45. The third-order valence-electron chi connectivity index (χ3n) is 1.03. The lowest BCUT2D eigenvalue weighted by Crippen LogP contribution is -2.06. The molecule has 0 aromatic heterocycles. The van der Waals surface area contributed by atoms with Crippen molar-refractivity contribution in [1.29, 1.82) is 5.26 Å². The third kappa shape index (κ3) is 5.54. The highest BCUT2D eigenvalue weighted by Gasteiger charge is 2.07. The van der Waals surface area contributed by atoms with Crippen LogP contribution in [0.5, 0.6) is 0 Å². The smallest absolute Gasteiger partial charge is 0.264 e. The van der Waals surface area contributed by atoms with Gasteiger partial charge in [-0.2, -0.15) is 13.7 Å². The maximum absolute atomic E-state index is 10.1. The fourth-order valence-corrected chi connectivity index (χ4v) is 1.04. The van der Waals surface area contributed by atoms with Gasteiger partial charge in [0.1, 0.15) is 0 Å². The minimum absolute atomic E-state index is 0.190. The van der Waals surface area contributed by atoms with Gasteiger partial charge in [-0.3, -0.25) is 4.55 Å². The van der Waals surface area contributed by atoms with E-state index in [2.05, 4.69) is 0 Å². The zero-order valence-corrected chi connectivity index (χ0v) is 6.43. The lowest BCUT2D eigenvalue weighted by Gasteiger charge is -1.97. The summed E-state index contributed by atoms with van der Waals surface area (Å²) in [6.45, 7) is 1.60. The molecule has 0 aromatic rings. The van der Waals surface area contributed by atoms with Gasteiger partial charge in [0.25, 0.3) is 10.1 Å². The topological polar surface area (TPSA) is 78.2 Å². The summed E-state index contributed by atoms with van der Waals surface area (Å²) in [4.78, 5) is 0. The van der Waals surface area contributed by atoms with E-state index < -0.39 is 10.1 Å². The van der Waals surface area contributed by atoms with Crippen LogP contribution in [0.3, 0.4) is 0 Å². The Morgan fingerprint density at radius 2 is 2.20 bits per heavy atom. The van der Waals surface area contributed by atoms with Crippen molar-refractivity contribution < 1.29 is 13.0 Å². The van der Waals surface area contributed by atoms with Gasteiger partial charge in [-0.1, -0.05) is 0 Å². The van der Waals surface area contributed by atoms with E-state index in [0.29, 0.717) is 0 Å². The van der Waals surface area contributed by atoms with Crippen LogP contribution in [0.15, 0.2) is 0 Å². The van der Waals surface area contributed by atoms with Crippen molar-refractivity contribution in [2.24, 2.45) is 5.92 Å². The van der Waals surface area contributed by atoms with E-state index in [1.165, 1.54) is 0 Å². The molecule has 1 N–H and O–H groups in total. The Balaban J connectivity index is 3.70. The molecule has 0 radical (unpaired) electrons. The maximum atomic E-state index is 10.1. The Hall–Kier alpha value is -0.600. The molecule has 0 bridgehead atoms. The van der Waals surface area contributed by atoms with Crippen molar-refractivity contribution in [2.75, 3.05) is 5.75 Å². The molecule has 5 heteroatoms. The standard InChI is InChI=1S/C5H9NO3S/c1-5(4-6)2-3-10(7,8)9/h5H,2-3H2,1H3,(H,7,8,9). The second-order valence-electron chi connectivity index (χ2n) is 2.10. The maximum Gasteiger partial charge on any atom is 0.264 e. The van der Waals surface area contributed by atoms with Crippen LogP contribution in [0.2, 0.25) is 0 Å². The first-order valence-electron chi connectivity index (χ1n) is 2.80. The lowest BCUT2D eigenvalue weighted by molar-refractivity contribution is 0.477. The number of nitriles is 1. The molecule has 1 atom stereocenters. The summed E-state index contributed by atoms with van der Waals surface area (Å²) in [6, 6.07) is 1.86. The van der Waals surface area contributed by atoms with Crippen LogP contribution >= 0.6 is 0 Å². The van der Waals surface area contributed by atoms with Gasteiger partial charge in [0.15, 0.2) is 0 Å². The summed E-state index contributed by atoms with van der Waals surface area (Å²) in [5.41, 5.74) is 0. The molecule has 0 heterocycles. The molecule has 0 rings (SSSR count). The first kappa shape index (κ1) is 9.40. The van der Waals surface area contributed by atoms with Crippen LogP contribution in [0.4, 0.5) is 0 Å². The molecule has 0 saturated carbocycles. The van der Waals surface area contributed by atoms with E-state index in [9.17, 15) is 8.42 Å². The van der Waals surface area contributed by atoms with E-state index in [1.807, 2.05) is 6.07 Å². The Morgan fingerprint density at radius 3 is 2.50 bits per heavy atom. The molecule has 0 spiro atoms. The normalized spacial score (nSPS) is 14.1. The van der Waals surface area contributed by atoms with Crippen LogP contribution in [0.25, 0.3) is 0 Å². The van der Waals surface area contributed by atoms with E-state index in [4.69, 9.17) is 9.81 Å².